The van der Waals surface area contributed by atoms with Gasteiger partial charge in [-0.15, -0.1) is 10.2 Å². The molecule has 7 nitrogen and oxygen atoms in total. The van der Waals surface area contributed by atoms with Crippen molar-refractivity contribution in [1.82, 2.24) is 15.1 Å². The van der Waals surface area contributed by atoms with Gasteiger partial charge in [0.05, 0.1) is 13.7 Å². The van der Waals surface area contributed by atoms with E-state index in [1.54, 1.807) is 17.0 Å². The number of hydrogen-bond donors (Lipinski definition) is 0. The lowest BCUT2D eigenvalue weighted by atomic mass is 10.1. The number of nitrogens with zero attached hydrogens (tertiary/aromatic N) is 3. The predicted molar refractivity (Wildman–Crippen MR) is 90.7 cm³/mol. The maximum atomic E-state index is 12.9. The molecule has 1 aromatic heterocycles. The number of benzene rings is 1. The molecule has 8 heteroatoms. The zero-order chi connectivity index (χ0) is 18.4. The Morgan fingerprint density at radius 2 is 1.92 bits per heavy atom. The summed E-state index contributed by atoms with van der Waals surface area (Å²) in [6.07, 6.45) is 1.51. The van der Waals surface area contributed by atoms with Crippen LogP contribution in [0.1, 0.15) is 12.8 Å². The van der Waals surface area contributed by atoms with Gasteiger partial charge in [-0.25, -0.2) is 4.39 Å². The molecular formula is C18H20FN3O4. The van der Waals surface area contributed by atoms with Crippen molar-refractivity contribution in [2.24, 2.45) is 0 Å². The molecule has 1 amide bonds. The number of hydrogen-bond acceptors (Lipinski definition) is 6. The standard InChI is InChI=1S/C18H20FN3O4/c1-24-16-8-9-17(21-20-16)26-15-3-2-10-22(11-15)18(23)12-25-14-6-4-13(19)5-7-14/h4-9,15H,2-3,10-12H2,1H3. The van der Waals surface area contributed by atoms with Gasteiger partial charge in [-0.2, -0.15) is 0 Å². The molecule has 3 rings (SSSR count). The van der Waals surface area contributed by atoms with Crippen LogP contribution in [0, 0.1) is 5.82 Å². The van der Waals surface area contributed by atoms with Crippen molar-refractivity contribution in [3.63, 3.8) is 0 Å². The van der Waals surface area contributed by atoms with Gasteiger partial charge in [0.15, 0.2) is 6.61 Å². The summed E-state index contributed by atoms with van der Waals surface area (Å²) in [5.74, 6) is 0.784. The molecular weight excluding hydrogens is 341 g/mol. The van der Waals surface area contributed by atoms with Crippen molar-refractivity contribution in [2.45, 2.75) is 18.9 Å². The molecule has 1 saturated heterocycles. The van der Waals surface area contributed by atoms with Crippen LogP contribution in [0.15, 0.2) is 36.4 Å². The lowest BCUT2D eigenvalue weighted by molar-refractivity contribution is -0.136. The first-order valence-corrected chi connectivity index (χ1v) is 8.34. The summed E-state index contributed by atoms with van der Waals surface area (Å²) >= 11 is 0. The van der Waals surface area contributed by atoms with Crippen LogP contribution in [-0.2, 0) is 4.79 Å². The molecule has 26 heavy (non-hydrogen) atoms. The largest absolute Gasteiger partial charge is 0.484 e. The molecule has 0 N–H and O–H groups in total. The zero-order valence-electron chi connectivity index (χ0n) is 14.4. The van der Waals surface area contributed by atoms with Gasteiger partial charge in [0.25, 0.3) is 5.91 Å². The Kier molecular flexibility index (Phi) is 5.83. The minimum atomic E-state index is -0.346. The summed E-state index contributed by atoms with van der Waals surface area (Å²) in [6.45, 7) is 1.01. The van der Waals surface area contributed by atoms with Crippen molar-refractivity contribution in [3.05, 3.63) is 42.2 Å². The highest BCUT2D eigenvalue weighted by Gasteiger charge is 2.25. The third kappa shape index (κ3) is 4.81. The quantitative estimate of drug-likeness (QED) is 0.784. The molecule has 0 spiro atoms. The van der Waals surface area contributed by atoms with Crippen molar-refractivity contribution in [1.29, 1.82) is 0 Å². The number of carbonyl (C=O) groups excluding carboxylic acids is 1. The summed E-state index contributed by atoms with van der Waals surface area (Å²) < 4.78 is 29.1. The van der Waals surface area contributed by atoms with E-state index < -0.39 is 0 Å². The summed E-state index contributed by atoms with van der Waals surface area (Å²) in [5.41, 5.74) is 0. The van der Waals surface area contributed by atoms with Gasteiger partial charge in [-0.05, 0) is 37.1 Å². The van der Waals surface area contributed by atoms with Gasteiger partial charge >= 0.3 is 0 Å². The maximum Gasteiger partial charge on any atom is 0.260 e. The van der Waals surface area contributed by atoms with Crippen LogP contribution in [0.3, 0.4) is 0 Å². The Morgan fingerprint density at radius 1 is 1.19 bits per heavy atom. The number of likely N-dealkylation sites (tertiary alicyclic amines) is 1. The second-order valence-electron chi connectivity index (χ2n) is 5.88. The highest BCUT2D eigenvalue weighted by Crippen LogP contribution is 2.18. The Morgan fingerprint density at radius 3 is 2.62 bits per heavy atom. The van der Waals surface area contributed by atoms with E-state index in [1.807, 2.05) is 0 Å². The SMILES string of the molecule is COc1ccc(OC2CCCN(C(=O)COc3ccc(F)cc3)C2)nn1. The van der Waals surface area contributed by atoms with Gasteiger partial charge in [0, 0.05) is 18.7 Å². The molecule has 1 aliphatic rings. The van der Waals surface area contributed by atoms with Crippen LogP contribution in [-0.4, -0.2) is 53.9 Å². The molecule has 0 bridgehead atoms. The van der Waals surface area contributed by atoms with E-state index in [2.05, 4.69) is 10.2 Å². The van der Waals surface area contributed by atoms with E-state index in [0.717, 1.165) is 12.8 Å². The fourth-order valence-electron chi connectivity index (χ4n) is 2.68. The summed E-state index contributed by atoms with van der Waals surface area (Å²) in [5, 5.41) is 7.80. The molecule has 1 fully saturated rings. The van der Waals surface area contributed by atoms with Gasteiger partial charge in [-0.1, -0.05) is 0 Å². The van der Waals surface area contributed by atoms with Crippen molar-refractivity contribution < 1.29 is 23.4 Å². The number of carbonyl (C=O) groups is 1. The van der Waals surface area contributed by atoms with Gasteiger partial charge in [-0.3, -0.25) is 4.79 Å². The second-order valence-corrected chi connectivity index (χ2v) is 5.88. The van der Waals surface area contributed by atoms with Crippen molar-refractivity contribution in [3.8, 4) is 17.5 Å². The van der Waals surface area contributed by atoms with E-state index in [-0.39, 0.29) is 24.4 Å². The second kappa shape index (κ2) is 8.46. The smallest absolute Gasteiger partial charge is 0.260 e. The minimum absolute atomic E-state index is 0.0965. The highest BCUT2D eigenvalue weighted by molar-refractivity contribution is 5.77. The Balaban J connectivity index is 1.50. The van der Waals surface area contributed by atoms with Crippen molar-refractivity contribution in [2.75, 3.05) is 26.8 Å². The monoisotopic (exact) mass is 361 g/mol. The molecule has 0 aliphatic carbocycles. The number of aromatic nitrogens is 2. The molecule has 1 aliphatic heterocycles. The average molecular weight is 361 g/mol. The fraction of sp³-hybridized carbons (Fsp3) is 0.389. The van der Waals surface area contributed by atoms with Crippen LogP contribution in [0.25, 0.3) is 0 Å². The summed E-state index contributed by atoms with van der Waals surface area (Å²) in [6, 6.07) is 8.93. The number of methoxy groups -OCH3 is 1. The lowest BCUT2D eigenvalue weighted by Crippen LogP contribution is -2.46. The molecule has 138 valence electrons. The van der Waals surface area contributed by atoms with E-state index in [9.17, 15) is 9.18 Å². The van der Waals surface area contributed by atoms with E-state index >= 15 is 0 Å². The Hall–Kier alpha value is -2.90. The molecule has 1 aromatic carbocycles. The zero-order valence-corrected chi connectivity index (χ0v) is 14.4. The number of piperidine rings is 1. The van der Waals surface area contributed by atoms with Gasteiger partial charge < -0.3 is 19.1 Å². The third-order valence-electron chi connectivity index (χ3n) is 4.02. The van der Waals surface area contributed by atoms with Gasteiger partial charge in [0.2, 0.25) is 11.8 Å². The van der Waals surface area contributed by atoms with Crippen molar-refractivity contribution >= 4 is 5.91 Å². The van der Waals surface area contributed by atoms with Gasteiger partial charge in [0.1, 0.15) is 17.7 Å². The number of halogens is 1. The molecule has 1 unspecified atom stereocenters. The fourth-order valence-corrected chi connectivity index (χ4v) is 2.68. The topological polar surface area (TPSA) is 73.8 Å². The van der Waals surface area contributed by atoms with E-state index in [0.29, 0.717) is 30.6 Å². The van der Waals surface area contributed by atoms with Crippen LogP contribution in [0.2, 0.25) is 0 Å². The third-order valence-corrected chi connectivity index (χ3v) is 4.02. The van der Waals surface area contributed by atoms with E-state index in [1.165, 1.54) is 31.4 Å². The van der Waals surface area contributed by atoms with Crippen LogP contribution in [0.5, 0.6) is 17.5 Å². The van der Waals surface area contributed by atoms with Crippen LogP contribution >= 0.6 is 0 Å². The molecule has 0 saturated carbocycles. The first-order valence-electron chi connectivity index (χ1n) is 8.34. The first kappa shape index (κ1) is 17.9. The van der Waals surface area contributed by atoms with Crippen LogP contribution < -0.4 is 14.2 Å². The van der Waals surface area contributed by atoms with E-state index in [4.69, 9.17) is 14.2 Å². The number of amides is 1. The lowest BCUT2D eigenvalue weighted by Gasteiger charge is -2.32. The molecule has 0 radical (unpaired) electrons. The van der Waals surface area contributed by atoms with Crippen LogP contribution in [0.4, 0.5) is 4.39 Å². The number of rotatable bonds is 6. The summed E-state index contributed by atoms with van der Waals surface area (Å²) in [4.78, 5) is 14.0. The Bertz CT molecular complexity index is 724. The Labute approximate surface area is 150 Å². The minimum Gasteiger partial charge on any atom is -0.484 e. The molecule has 2 heterocycles. The summed E-state index contributed by atoms with van der Waals surface area (Å²) in [7, 11) is 1.52. The predicted octanol–water partition coefficient (Wildman–Crippen LogP) is 2.07. The molecule has 2 aromatic rings. The highest BCUT2D eigenvalue weighted by atomic mass is 19.1. The average Bonchev–Trinajstić information content (AvgIpc) is 2.68. The normalized spacial score (nSPS) is 16.8. The maximum absolute atomic E-state index is 12.9. The first-order chi connectivity index (χ1) is 12.6. The number of ether oxygens (including phenoxy) is 3. The molecule has 1 atom stereocenters.